The molecule has 28 heavy (non-hydrogen) atoms. The van der Waals surface area contributed by atoms with Crippen molar-refractivity contribution in [3.05, 3.63) is 93.9 Å². The van der Waals surface area contributed by atoms with Crippen LogP contribution < -0.4 is 5.32 Å². The Morgan fingerprint density at radius 3 is 2.29 bits per heavy atom. The SMILES string of the molecule is O=C(O)/C(=C\c1ccc(-c2ccccc2)o1)NC(=O)c1ccc([N+](=O)[O-])cc1. The molecular formula is C20H14N2O6. The first-order valence-corrected chi connectivity index (χ1v) is 8.10. The molecule has 3 rings (SSSR count). The maximum atomic E-state index is 12.2. The molecule has 1 amide bonds. The molecule has 8 nitrogen and oxygen atoms in total. The highest BCUT2D eigenvalue weighted by molar-refractivity contribution is 6.02. The first-order valence-electron chi connectivity index (χ1n) is 8.10. The van der Waals surface area contributed by atoms with E-state index in [0.29, 0.717) is 5.76 Å². The Morgan fingerprint density at radius 1 is 1.00 bits per heavy atom. The Labute approximate surface area is 158 Å². The van der Waals surface area contributed by atoms with Crippen LogP contribution >= 0.6 is 0 Å². The van der Waals surface area contributed by atoms with Gasteiger partial charge in [0.05, 0.1) is 4.92 Å². The summed E-state index contributed by atoms with van der Waals surface area (Å²) < 4.78 is 5.61. The summed E-state index contributed by atoms with van der Waals surface area (Å²) in [5.41, 5.74) is 0.350. The minimum Gasteiger partial charge on any atom is -0.477 e. The summed E-state index contributed by atoms with van der Waals surface area (Å²) in [5, 5.41) is 22.3. The number of benzene rings is 2. The number of nitrogens with zero attached hydrogens (tertiary/aromatic N) is 1. The first-order chi connectivity index (χ1) is 13.4. The van der Waals surface area contributed by atoms with Crippen LogP contribution in [-0.4, -0.2) is 21.9 Å². The Hall–Kier alpha value is -4.20. The standard InChI is InChI=1S/C20H14N2O6/c23-19(14-6-8-15(9-7-14)22(26)27)21-17(20(24)25)12-16-10-11-18(28-16)13-4-2-1-3-5-13/h1-12H,(H,21,23)(H,24,25)/b17-12+. The molecule has 0 radical (unpaired) electrons. The largest absolute Gasteiger partial charge is 0.477 e. The van der Waals surface area contributed by atoms with Crippen LogP contribution in [0, 0.1) is 10.1 Å². The number of carboxylic acid groups (broad SMARTS) is 1. The van der Waals surface area contributed by atoms with Crippen LogP contribution in [0.3, 0.4) is 0 Å². The van der Waals surface area contributed by atoms with Gasteiger partial charge >= 0.3 is 5.97 Å². The molecule has 0 aliphatic carbocycles. The Bertz CT molecular complexity index is 1050. The number of aliphatic carboxylic acids is 1. The number of hydrogen-bond acceptors (Lipinski definition) is 5. The third-order valence-corrected chi connectivity index (χ3v) is 3.79. The fourth-order valence-corrected chi connectivity index (χ4v) is 2.41. The molecule has 0 saturated heterocycles. The second-order valence-electron chi connectivity index (χ2n) is 5.69. The van der Waals surface area contributed by atoms with E-state index in [0.717, 1.165) is 17.7 Å². The van der Waals surface area contributed by atoms with Gasteiger partial charge in [-0.25, -0.2) is 4.79 Å². The Morgan fingerprint density at radius 2 is 1.68 bits per heavy atom. The summed E-state index contributed by atoms with van der Waals surface area (Å²) in [5.74, 6) is -1.26. The lowest BCUT2D eigenvalue weighted by molar-refractivity contribution is -0.384. The lowest BCUT2D eigenvalue weighted by atomic mass is 10.2. The molecule has 1 aromatic heterocycles. The van der Waals surface area contributed by atoms with E-state index in [9.17, 15) is 24.8 Å². The minimum atomic E-state index is -1.35. The van der Waals surface area contributed by atoms with E-state index in [1.165, 1.54) is 18.2 Å². The second-order valence-corrected chi connectivity index (χ2v) is 5.69. The summed E-state index contributed by atoms with van der Waals surface area (Å²) in [6, 6.07) is 17.4. The molecule has 0 aliphatic rings. The van der Waals surface area contributed by atoms with Gasteiger partial charge in [-0.15, -0.1) is 0 Å². The van der Waals surface area contributed by atoms with Crippen molar-refractivity contribution in [1.82, 2.24) is 5.32 Å². The van der Waals surface area contributed by atoms with Crippen LogP contribution in [0.25, 0.3) is 17.4 Å². The summed E-state index contributed by atoms with van der Waals surface area (Å²) in [6.07, 6.45) is 1.19. The van der Waals surface area contributed by atoms with Crippen LogP contribution in [-0.2, 0) is 4.79 Å². The van der Waals surface area contributed by atoms with E-state index in [4.69, 9.17) is 4.42 Å². The van der Waals surface area contributed by atoms with Gasteiger partial charge < -0.3 is 14.8 Å². The molecule has 3 aromatic rings. The highest BCUT2D eigenvalue weighted by Gasteiger charge is 2.16. The Kier molecular flexibility index (Phi) is 5.31. The van der Waals surface area contributed by atoms with Crippen molar-refractivity contribution in [2.24, 2.45) is 0 Å². The molecule has 0 spiro atoms. The van der Waals surface area contributed by atoms with Gasteiger partial charge in [0.2, 0.25) is 0 Å². The average Bonchev–Trinajstić information content (AvgIpc) is 3.16. The second kappa shape index (κ2) is 8.00. The number of hydrogen-bond donors (Lipinski definition) is 2. The number of furan rings is 1. The van der Waals surface area contributed by atoms with Crippen LogP contribution in [0.4, 0.5) is 5.69 Å². The number of nitrogens with one attached hydrogen (secondary N) is 1. The molecule has 0 bridgehead atoms. The molecule has 0 aliphatic heterocycles. The molecular weight excluding hydrogens is 364 g/mol. The number of carboxylic acids is 1. The zero-order valence-electron chi connectivity index (χ0n) is 14.4. The number of rotatable bonds is 6. The predicted octanol–water partition coefficient (Wildman–Crippen LogP) is 3.71. The average molecular weight is 378 g/mol. The topological polar surface area (TPSA) is 123 Å². The normalized spacial score (nSPS) is 11.1. The van der Waals surface area contributed by atoms with E-state index in [1.807, 2.05) is 30.3 Å². The van der Waals surface area contributed by atoms with Gasteiger partial charge in [0.1, 0.15) is 17.2 Å². The van der Waals surface area contributed by atoms with Gasteiger partial charge in [0.25, 0.3) is 11.6 Å². The van der Waals surface area contributed by atoms with Gasteiger partial charge in [-0.3, -0.25) is 14.9 Å². The third-order valence-electron chi connectivity index (χ3n) is 3.79. The van der Waals surface area contributed by atoms with Crippen molar-refractivity contribution in [1.29, 1.82) is 0 Å². The fraction of sp³-hybridized carbons (Fsp3) is 0. The number of carbonyl (C=O) groups excluding carboxylic acids is 1. The lowest BCUT2D eigenvalue weighted by Gasteiger charge is -2.05. The fourth-order valence-electron chi connectivity index (χ4n) is 2.41. The molecule has 2 aromatic carbocycles. The minimum absolute atomic E-state index is 0.0853. The monoisotopic (exact) mass is 378 g/mol. The zero-order valence-corrected chi connectivity index (χ0v) is 14.4. The molecule has 0 unspecified atom stereocenters. The number of nitro benzene ring substituents is 1. The lowest BCUT2D eigenvalue weighted by Crippen LogP contribution is -2.27. The molecule has 140 valence electrons. The van der Waals surface area contributed by atoms with Crippen LogP contribution in [0.5, 0.6) is 0 Å². The van der Waals surface area contributed by atoms with Crippen LogP contribution in [0.1, 0.15) is 16.1 Å². The van der Waals surface area contributed by atoms with E-state index >= 15 is 0 Å². The highest BCUT2D eigenvalue weighted by Crippen LogP contribution is 2.23. The summed E-state index contributed by atoms with van der Waals surface area (Å²) in [7, 11) is 0. The van der Waals surface area contributed by atoms with Crippen molar-refractivity contribution in [2.45, 2.75) is 0 Å². The van der Waals surface area contributed by atoms with Crippen LogP contribution in [0.15, 0.2) is 76.8 Å². The van der Waals surface area contributed by atoms with Gasteiger partial charge in [0.15, 0.2) is 0 Å². The molecule has 1 heterocycles. The third kappa shape index (κ3) is 4.31. The summed E-state index contributed by atoms with van der Waals surface area (Å²) >= 11 is 0. The van der Waals surface area contributed by atoms with Crippen molar-refractivity contribution >= 4 is 23.6 Å². The number of amides is 1. The first kappa shape index (κ1) is 18.6. The summed E-state index contributed by atoms with van der Waals surface area (Å²) in [6.45, 7) is 0. The quantitative estimate of drug-likeness (QED) is 0.383. The highest BCUT2D eigenvalue weighted by atomic mass is 16.6. The zero-order chi connectivity index (χ0) is 20.1. The van der Waals surface area contributed by atoms with Gasteiger partial charge in [-0.1, -0.05) is 30.3 Å². The Balaban J connectivity index is 1.80. The van der Waals surface area contributed by atoms with Crippen LogP contribution in [0.2, 0.25) is 0 Å². The van der Waals surface area contributed by atoms with Gasteiger partial charge in [-0.05, 0) is 24.3 Å². The maximum Gasteiger partial charge on any atom is 0.352 e. The number of carbonyl (C=O) groups is 2. The van der Waals surface area contributed by atoms with Crippen molar-refractivity contribution in [3.63, 3.8) is 0 Å². The van der Waals surface area contributed by atoms with E-state index in [1.54, 1.807) is 12.1 Å². The molecule has 2 N–H and O–H groups in total. The number of nitro groups is 1. The van der Waals surface area contributed by atoms with Gasteiger partial charge in [0, 0.05) is 29.3 Å². The van der Waals surface area contributed by atoms with Gasteiger partial charge in [-0.2, -0.15) is 0 Å². The van der Waals surface area contributed by atoms with E-state index < -0.39 is 22.5 Å². The number of non-ortho nitro benzene ring substituents is 1. The maximum absolute atomic E-state index is 12.2. The molecule has 0 saturated carbocycles. The smallest absolute Gasteiger partial charge is 0.352 e. The molecule has 0 fully saturated rings. The predicted molar refractivity (Wildman–Crippen MR) is 100 cm³/mol. The molecule has 8 heteroatoms. The summed E-state index contributed by atoms with van der Waals surface area (Å²) in [4.78, 5) is 33.8. The van der Waals surface area contributed by atoms with Crippen molar-refractivity contribution < 1.29 is 24.0 Å². The van der Waals surface area contributed by atoms with E-state index in [2.05, 4.69) is 5.32 Å². The van der Waals surface area contributed by atoms with Crippen molar-refractivity contribution in [2.75, 3.05) is 0 Å². The van der Waals surface area contributed by atoms with E-state index in [-0.39, 0.29) is 17.0 Å². The molecule has 0 atom stereocenters. The van der Waals surface area contributed by atoms with Crippen molar-refractivity contribution in [3.8, 4) is 11.3 Å².